The van der Waals surface area contributed by atoms with Gasteiger partial charge in [0.05, 0.1) is 19.3 Å². The number of thioether (sulfide) groups is 1. The van der Waals surface area contributed by atoms with Crippen molar-refractivity contribution < 1.29 is 14.3 Å². The fraction of sp³-hybridized carbons (Fsp3) is 0.318. The molecule has 0 radical (unpaired) electrons. The Balaban J connectivity index is 1.66. The maximum absolute atomic E-state index is 13.0. The molecule has 8 nitrogen and oxygen atoms in total. The maximum Gasteiger partial charge on any atom is 0.236 e. The Morgan fingerprint density at radius 1 is 1.16 bits per heavy atom. The molecule has 162 valence electrons. The van der Waals surface area contributed by atoms with E-state index in [-0.39, 0.29) is 11.9 Å². The highest BCUT2D eigenvalue weighted by Gasteiger charge is 2.37. The molecule has 3 aromatic rings. The van der Waals surface area contributed by atoms with E-state index in [0.29, 0.717) is 30.7 Å². The van der Waals surface area contributed by atoms with E-state index in [1.807, 2.05) is 66.2 Å². The second kappa shape index (κ2) is 9.84. The van der Waals surface area contributed by atoms with Gasteiger partial charge in [0.2, 0.25) is 11.1 Å². The predicted octanol–water partition coefficient (Wildman–Crippen LogP) is 2.87. The monoisotopic (exact) mass is 439 g/mol. The van der Waals surface area contributed by atoms with E-state index in [9.17, 15) is 4.79 Å². The van der Waals surface area contributed by atoms with Crippen molar-refractivity contribution in [3.8, 4) is 17.1 Å². The van der Waals surface area contributed by atoms with Crippen molar-refractivity contribution in [3.63, 3.8) is 0 Å². The first-order valence-electron chi connectivity index (χ1n) is 10.1. The lowest BCUT2D eigenvalue weighted by atomic mass is 10.0. The van der Waals surface area contributed by atoms with Crippen molar-refractivity contribution in [1.82, 2.24) is 20.2 Å². The van der Waals surface area contributed by atoms with Crippen LogP contribution < -0.4 is 15.5 Å². The molecule has 0 unspecified atom stereocenters. The number of rotatable bonds is 8. The minimum Gasteiger partial charge on any atom is -0.494 e. The van der Waals surface area contributed by atoms with Crippen LogP contribution in [0.15, 0.2) is 59.8 Å². The van der Waals surface area contributed by atoms with Crippen molar-refractivity contribution in [3.05, 3.63) is 60.2 Å². The Bertz CT molecular complexity index is 1010. The Hall–Kier alpha value is -3.04. The molecule has 1 aromatic heterocycles. The quantitative estimate of drug-likeness (QED) is 0.522. The van der Waals surface area contributed by atoms with Gasteiger partial charge in [-0.05, 0) is 24.6 Å². The number of nitrogens with one attached hydrogen (secondary N) is 2. The van der Waals surface area contributed by atoms with Crippen LogP contribution in [0.4, 0.5) is 0 Å². The highest BCUT2D eigenvalue weighted by atomic mass is 32.2. The topological polar surface area (TPSA) is 90.3 Å². The summed E-state index contributed by atoms with van der Waals surface area (Å²) in [5.74, 6) is 1.42. The molecule has 2 heterocycles. The average molecular weight is 440 g/mol. The van der Waals surface area contributed by atoms with E-state index in [0.717, 1.165) is 16.9 Å². The standard InChI is InChI=1S/C22H25N5O3S/c1-3-30-17-11-9-15(10-12-17)18-19(21(28)23-13-14-29-2)31-22-25-24-20(27(22)26-18)16-7-5-4-6-8-16/h4-12,18-19,26H,3,13-14H2,1-2H3,(H,23,28)/t18-,19-/m1/s1. The van der Waals surface area contributed by atoms with Gasteiger partial charge in [0.15, 0.2) is 5.82 Å². The first-order chi connectivity index (χ1) is 15.2. The third kappa shape index (κ3) is 4.67. The van der Waals surface area contributed by atoms with E-state index in [1.165, 1.54) is 11.8 Å². The van der Waals surface area contributed by atoms with Crippen molar-refractivity contribution in [2.24, 2.45) is 0 Å². The number of fused-ring (bicyclic) bond motifs is 1. The molecule has 2 N–H and O–H groups in total. The van der Waals surface area contributed by atoms with E-state index in [1.54, 1.807) is 7.11 Å². The zero-order chi connectivity index (χ0) is 21.6. The van der Waals surface area contributed by atoms with E-state index in [2.05, 4.69) is 20.9 Å². The van der Waals surface area contributed by atoms with Crippen LogP contribution in [0.5, 0.6) is 5.75 Å². The number of hydrogen-bond donors (Lipinski definition) is 2. The van der Waals surface area contributed by atoms with Gasteiger partial charge >= 0.3 is 0 Å². The molecular weight excluding hydrogens is 414 g/mol. The third-order valence-electron chi connectivity index (χ3n) is 4.88. The van der Waals surface area contributed by atoms with Crippen molar-refractivity contribution in [2.75, 3.05) is 32.3 Å². The van der Waals surface area contributed by atoms with Crippen molar-refractivity contribution in [1.29, 1.82) is 0 Å². The first kappa shape index (κ1) is 21.2. The van der Waals surface area contributed by atoms with Gasteiger partial charge < -0.3 is 20.2 Å². The second-order valence-corrected chi connectivity index (χ2v) is 8.05. The summed E-state index contributed by atoms with van der Waals surface area (Å²) < 4.78 is 12.5. The Morgan fingerprint density at radius 2 is 1.94 bits per heavy atom. The van der Waals surface area contributed by atoms with E-state index >= 15 is 0 Å². The van der Waals surface area contributed by atoms with Gasteiger partial charge in [-0.3, -0.25) is 4.79 Å². The van der Waals surface area contributed by atoms with Crippen molar-refractivity contribution >= 4 is 17.7 Å². The largest absolute Gasteiger partial charge is 0.494 e. The smallest absolute Gasteiger partial charge is 0.236 e. The summed E-state index contributed by atoms with van der Waals surface area (Å²) in [6.07, 6.45) is 0. The summed E-state index contributed by atoms with van der Waals surface area (Å²) in [5.41, 5.74) is 5.39. The highest BCUT2D eigenvalue weighted by Crippen LogP contribution is 2.38. The number of methoxy groups -OCH3 is 1. The van der Waals surface area contributed by atoms with Gasteiger partial charge in [0.1, 0.15) is 11.0 Å². The average Bonchev–Trinajstić information content (AvgIpc) is 3.23. The molecule has 9 heteroatoms. The molecular formula is C22H25N5O3S. The van der Waals surface area contributed by atoms with Crippen LogP contribution in [-0.2, 0) is 9.53 Å². The second-order valence-electron chi connectivity index (χ2n) is 6.94. The van der Waals surface area contributed by atoms with Crippen LogP contribution in [-0.4, -0.2) is 52.9 Å². The van der Waals surface area contributed by atoms with E-state index in [4.69, 9.17) is 9.47 Å². The van der Waals surface area contributed by atoms with Crippen LogP contribution in [0.25, 0.3) is 11.4 Å². The van der Waals surface area contributed by atoms with Crippen LogP contribution in [0.1, 0.15) is 18.5 Å². The minimum atomic E-state index is -0.421. The van der Waals surface area contributed by atoms with Crippen LogP contribution in [0.2, 0.25) is 0 Å². The number of ether oxygens (including phenoxy) is 2. The molecule has 0 spiro atoms. The van der Waals surface area contributed by atoms with Crippen LogP contribution in [0.3, 0.4) is 0 Å². The normalized spacial score (nSPS) is 17.5. The molecule has 2 atom stereocenters. The number of carbonyl (C=O) groups is 1. The Kier molecular flexibility index (Phi) is 6.73. The minimum absolute atomic E-state index is 0.0797. The zero-order valence-electron chi connectivity index (χ0n) is 17.4. The number of hydrogen-bond acceptors (Lipinski definition) is 7. The van der Waals surface area contributed by atoms with E-state index < -0.39 is 5.25 Å². The molecule has 1 aliphatic heterocycles. The summed E-state index contributed by atoms with van der Waals surface area (Å²) in [5, 5.41) is 11.9. The molecule has 0 saturated carbocycles. The summed E-state index contributed by atoms with van der Waals surface area (Å²) in [6.45, 7) is 3.46. The number of benzene rings is 2. The molecule has 0 fully saturated rings. The molecule has 1 amide bonds. The fourth-order valence-electron chi connectivity index (χ4n) is 3.39. The highest BCUT2D eigenvalue weighted by molar-refractivity contribution is 8.00. The van der Waals surface area contributed by atoms with Gasteiger partial charge in [0.25, 0.3) is 0 Å². The van der Waals surface area contributed by atoms with Crippen molar-refractivity contribution in [2.45, 2.75) is 23.4 Å². The summed E-state index contributed by atoms with van der Waals surface area (Å²) in [6, 6.07) is 17.4. The molecule has 0 aliphatic carbocycles. The number of aromatic nitrogens is 3. The fourth-order valence-corrected chi connectivity index (χ4v) is 4.50. The summed E-state index contributed by atoms with van der Waals surface area (Å²) in [4.78, 5) is 13.0. The number of carbonyl (C=O) groups excluding carboxylic acids is 1. The molecule has 1 aliphatic rings. The Morgan fingerprint density at radius 3 is 2.65 bits per heavy atom. The summed E-state index contributed by atoms with van der Waals surface area (Å²) in [7, 11) is 1.61. The summed E-state index contributed by atoms with van der Waals surface area (Å²) >= 11 is 1.40. The number of nitrogens with zero attached hydrogens (tertiary/aromatic N) is 3. The molecule has 0 bridgehead atoms. The molecule has 2 aromatic carbocycles. The SMILES string of the molecule is CCOc1ccc([C@H]2Nn3c(nnc3-c3ccccc3)S[C@H]2C(=O)NCCOC)cc1. The van der Waals surface area contributed by atoms with Gasteiger partial charge in [-0.25, -0.2) is 4.68 Å². The predicted molar refractivity (Wildman–Crippen MR) is 120 cm³/mol. The van der Waals surface area contributed by atoms with Gasteiger partial charge in [-0.1, -0.05) is 54.2 Å². The van der Waals surface area contributed by atoms with Crippen LogP contribution >= 0.6 is 11.8 Å². The lowest BCUT2D eigenvalue weighted by Gasteiger charge is -2.33. The van der Waals surface area contributed by atoms with Gasteiger partial charge in [-0.15, -0.1) is 10.2 Å². The molecule has 31 heavy (non-hydrogen) atoms. The molecule has 4 rings (SSSR count). The lowest BCUT2D eigenvalue weighted by molar-refractivity contribution is -0.121. The first-order valence-corrected chi connectivity index (χ1v) is 11.0. The third-order valence-corrected chi connectivity index (χ3v) is 6.10. The number of amides is 1. The zero-order valence-corrected chi connectivity index (χ0v) is 18.3. The van der Waals surface area contributed by atoms with Gasteiger partial charge in [-0.2, -0.15) is 0 Å². The van der Waals surface area contributed by atoms with Gasteiger partial charge in [0, 0.05) is 19.2 Å². The lowest BCUT2D eigenvalue weighted by Crippen LogP contribution is -2.44. The molecule has 0 saturated heterocycles. The Labute approximate surface area is 185 Å². The maximum atomic E-state index is 13.0. The van der Waals surface area contributed by atoms with Crippen LogP contribution in [0, 0.1) is 0 Å².